The predicted octanol–water partition coefficient (Wildman–Crippen LogP) is 2.07. The topological polar surface area (TPSA) is 45.4 Å². The second-order valence-corrected chi connectivity index (χ2v) is 6.35. The first-order valence-electron chi connectivity index (χ1n) is 7.22. The zero-order valence-electron chi connectivity index (χ0n) is 12.8. The monoisotopic (exact) mass is 266 g/mol. The van der Waals surface area contributed by atoms with Gasteiger partial charge >= 0.3 is 0 Å². The first kappa shape index (κ1) is 14.5. The molecule has 5 nitrogen and oxygen atoms in total. The van der Waals surface area contributed by atoms with Crippen molar-refractivity contribution in [3.63, 3.8) is 0 Å². The molecule has 0 radical (unpaired) electrons. The number of hydrogen-bond acceptors (Lipinski definition) is 5. The van der Waals surface area contributed by atoms with Gasteiger partial charge in [-0.1, -0.05) is 32.9 Å². The normalized spacial score (nSPS) is 20.7. The van der Waals surface area contributed by atoms with E-state index in [1.807, 2.05) is 0 Å². The molecule has 1 saturated heterocycles. The Morgan fingerprint density at radius 3 is 2.32 bits per heavy atom. The van der Waals surface area contributed by atoms with E-state index in [1.54, 1.807) is 0 Å². The van der Waals surface area contributed by atoms with Gasteiger partial charge in [-0.25, -0.2) is 0 Å². The Morgan fingerprint density at radius 1 is 1.21 bits per heavy atom. The van der Waals surface area contributed by atoms with Crippen LogP contribution in [-0.4, -0.2) is 52.7 Å². The lowest BCUT2D eigenvalue weighted by molar-refractivity contribution is 0.0914. The third kappa shape index (κ3) is 3.34. The first-order chi connectivity index (χ1) is 8.91. The SMILES string of the molecule is CCN1CCN([C@@H](C)c2nc(C(C)(C)C)no2)CC1. The average Bonchev–Trinajstić information content (AvgIpc) is 2.87. The molecular weight excluding hydrogens is 240 g/mol. The molecule has 1 fully saturated rings. The molecule has 0 N–H and O–H groups in total. The molecule has 0 spiro atoms. The van der Waals surface area contributed by atoms with Crippen LogP contribution in [0.2, 0.25) is 0 Å². The summed E-state index contributed by atoms with van der Waals surface area (Å²) in [5, 5.41) is 4.11. The summed E-state index contributed by atoms with van der Waals surface area (Å²) in [5.74, 6) is 1.54. The Bertz CT molecular complexity index is 402. The predicted molar refractivity (Wildman–Crippen MR) is 75.1 cm³/mol. The van der Waals surface area contributed by atoms with E-state index in [1.165, 1.54) is 0 Å². The maximum atomic E-state index is 5.44. The number of nitrogens with zero attached hydrogens (tertiary/aromatic N) is 4. The van der Waals surface area contributed by atoms with Crippen molar-refractivity contribution in [1.29, 1.82) is 0 Å². The van der Waals surface area contributed by atoms with Gasteiger partial charge in [-0.05, 0) is 13.5 Å². The van der Waals surface area contributed by atoms with Crippen LogP contribution in [0, 0.1) is 0 Å². The van der Waals surface area contributed by atoms with E-state index < -0.39 is 0 Å². The third-order valence-electron chi connectivity index (χ3n) is 3.87. The highest BCUT2D eigenvalue weighted by Crippen LogP contribution is 2.24. The quantitative estimate of drug-likeness (QED) is 0.838. The largest absolute Gasteiger partial charge is 0.338 e. The summed E-state index contributed by atoms with van der Waals surface area (Å²) in [5.41, 5.74) is -0.0532. The third-order valence-corrected chi connectivity index (χ3v) is 3.87. The molecule has 0 bridgehead atoms. The number of likely N-dealkylation sites (N-methyl/N-ethyl adjacent to an activating group) is 1. The van der Waals surface area contributed by atoms with E-state index in [0.29, 0.717) is 0 Å². The molecule has 19 heavy (non-hydrogen) atoms. The van der Waals surface area contributed by atoms with Gasteiger partial charge in [0.15, 0.2) is 5.82 Å². The van der Waals surface area contributed by atoms with Crippen LogP contribution in [0.15, 0.2) is 4.52 Å². The Labute approximate surface area is 116 Å². The second-order valence-electron chi connectivity index (χ2n) is 6.35. The molecule has 1 atom stereocenters. The molecule has 1 aliphatic rings. The first-order valence-corrected chi connectivity index (χ1v) is 7.22. The minimum absolute atomic E-state index is 0.0532. The molecule has 1 aromatic heterocycles. The summed E-state index contributed by atoms with van der Waals surface area (Å²) in [7, 11) is 0. The van der Waals surface area contributed by atoms with E-state index in [0.717, 1.165) is 44.4 Å². The van der Waals surface area contributed by atoms with Crippen molar-refractivity contribution in [2.24, 2.45) is 0 Å². The van der Waals surface area contributed by atoms with Gasteiger partial charge in [0.05, 0.1) is 6.04 Å². The summed E-state index contributed by atoms with van der Waals surface area (Å²) < 4.78 is 5.44. The highest BCUT2D eigenvalue weighted by atomic mass is 16.5. The molecule has 2 rings (SSSR count). The van der Waals surface area contributed by atoms with Crippen molar-refractivity contribution < 1.29 is 4.52 Å². The lowest BCUT2D eigenvalue weighted by Crippen LogP contribution is -2.46. The fourth-order valence-corrected chi connectivity index (χ4v) is 2.33. The Kier molecular flexibility index (Phi) is 4.26. The van der Waals surface area contributed by atoms with Crippen molar-refractivity contribution in [2.45, 2.75) is 46.1 Å². The molecule has 0 aliphatic carbocycles. The molecule has 108 valence electrons. The van der Waals surface area contributed by atoms with Crippen LogP contribution >= 0.6 is 0 Å². The van der Waals surface area contributed by atoms with Gasteiger partial charge in [-0.15, -0.1) is 0 Å². The maximum absolute atomic E-state index is 5.44. The van der Waals surface area contributed by atoms with Crippen LogP contribution in [0.5, 0.6) is 0 Å². The van der Waals surface area contributed by atoms with Gasteiger partial charge in [0.1, 0.15) is 0 Å². The van der Waals surface area contributed by atoms with Crippen molar-refractivity contribution in [2.75, 3.05) is 32.7 Å². The minimum atomic E-state index is -0.0532. The summed E-state index contributed by atoms with van der Waals surface area (Å²) in [6, 6.07) is 0.211. The van der Waals surface area contributed by atoms with E-state index in [2.05, 4.69) is 54.6 Å². The number of aromatic nitrogens is 2. The smallest absolute Gasteiger partial charge is 0.243 e. The van der Waals surface area contributed by atoms with E-state index in [9.17, 15) is 0 Å². The van der Waals surface area contributed by atoms with Crippen LogP contribution in [0.4, 0.5) is 0 Å². The lowest BCUT2D eigenvalue weighted by atomic mass is 9.96. The van der Waals surface area contributed by atoms with Crippen molar-refractivity contribution in [3.05, 3.63) is 11.7 Å². The fraction of sp³-hybridized carbons (Fsp3) is 0.857. The van der Waals surface area contributed by atoms with Gasteiger partial charge in [-0.3, -0.25) is 4.90 Å². The summed E-state index contributed by atoms with van der Waals surface area (Å²) >= 11 is 0. The van der Waals surface area contributed by atoms with Crippen LogP contribution in [-0.2, 0) is 5.41 Å². The highest BCUT2D eigenvalue weighted by molar-refractivity contribution is 5.02. The molecule has 0 saturated carbocycles. The molecule has 5 heteroatoms. The minimum Gasteiger partial charge on any atom is -0.338 e. The summed E-state index contributed by atoms with van der Waals surface area (Å²) in [6.07, 6.45) is 0. The van der Waals surface area contributed by atoms with Crippen LogP contribution < -0.4 is 0 Å². The maximum Gasteiger partial charge on any atom is 0.243 e. The van der Waals surface area contributed by atoms with Crippen LogP contribution in [0.3, 0.4) is 0 Å². The van der Waals surface area contributed by atoms with Gasteiger partial charge in [0.25, 0.3) is 0 Å². The summed E-state index contributed by atoms with van der Waals surface area (Å²) in [6.45, 7) is 16.2. The summed E-state index contributed by atoms with van der Waals surface area (Å²) in [4.78, 5) is 9.46. The Hall–Kier alpha value is -0.940. The van der Waals surface area contributed by atoms with E-state index in [-0.39, 0.29) is 11.5 Å². The molecule has 1 aromatic rings. The number of piperazine rings is 1. The molecule has 0 amide bonds. The molecule has 0 unspecified atom stereocenters. The van der Waals surface area contributed by atoms with E-state index >= 15 is 0 Å². The van der Waals surface area contributed by atoms with Gasteiger partial charge in [0.2, 0.25) is 5.89 Å². The zero-order chi connectivity index (χ0) is 14.0. The fourth-order valence-electron chi connectivity index (χ4n) is 2.33. The molecular formula is C14H26N4O. The van der Waals surface area contributed by atoms with Gasteiger partial charge < -0.3 is 9.42 Å². The van der Waals surface area contributed by atoms with Crippen molar-refractivity contribution in [3.8, 4) is 0 Å². The molecule has 0 aromatic carbocycles. The van der Waals surface area contributed by atoms with Crippen LogP contribution in [0.25, 0.3) is 0 Å². The van der Waals surface area contributed by atoms with Crippen molar-refractivity contribution >= 4 is 0 Å². The van der Waals surface area contributed by atoms with Crippen LogP contribution in [0.1, 0.15) is 52.4 Å². The van der Waals surface area contributed by atoms with Gasteiger partial charge in [-0.2, -0.15) is 4.98 Å². The lowest BCUT2D eigenvalue weighted by Gasteiger charge is -2.36. The highest BCUT2D eigenvalue weighted by Gasteiger charge is 2.27. The second kappa shape index (κ2) is 5.59. The van der Waals surface area contributed by atoms with Crippen molar-refractivity contribution in [1.82, 2.24) is 19.9 Å². The van der Waals surface area contributed by atoms with Gasteiger partial charge in [0, 0.05) is 31.6 Å². The average molecular weight is 266 g/mol. The molecule has 1 aliphatic heterocycles. The zero-order valence-corrected chi connectivity index (χ0v) is 12.8. The van der Waals surface area contributed by atoms with E-state index in [4.69, 9.17) is 4.52 Å². The molecule has 2 heterocycles. The number of rotatable bonds is 3. The Morgan fingerprint density at radius 2 is 1.84 bits per heavy atom. The number of hydrogen-bond donors (Lipinski definition) is 0. The standard InChI is InChI=1S/C14H26N4O/c1-6-17-7-9-18(10-8-17)11(2)12-15-13(16-19-12)14(3,4)5/h11H,6-10H2,1-5H3/t11-/m0/s1. The Balaban J connectivity index is 2.00.